The maximum absolute atomic E-state index is 12.4. The van der Waals surface area contributed by atoms with Crippen LogP contribution in [0.1, 0.15) is 37.0 Å². The third kappa shape index (κ3) is 5.10. The third-order valence-electron chi connectivity index (χ3n) is 3.61. The number of hydrogen-bond donors (Lipinski definition) is 2. The molecule has 0 aliphatic rings. The second-order valence-electron chi connectivity index (χ2n) is 5.62. The molecule has 1 aromatic carbocycles. The summed E-state index contributed by atoms with van der Waals surface area (Å²) in [6.07, 6.45) is 0.739. The highest BCUT2D eigenvalue weighted by Crippen LogP contribution is 2.12. The van der Waals surface area contributed by atoms with E-state index in [1.54, 1.807) is 4.90 Å². The van der Waals surface area contributed by atoms with Gasteiger partial charge in [0, 0.05) is 19.0 Å². The quantitative estimate of drug-likeness (QED) is 0.365. The van der Waals surface area contributed by atoms with Crippen molar-refractivity contribution in [1.82, 2.24) is 4.90 Å². The van der Waals surface area contributed by atoms with Gasteiger partial charge in [0.25, 0.3) is 0 Å². The minimum absolute atomic E-state index is 0.0546. The van der Waals surface area contributed by atoms with Gasteiger partial charge in [-0.1, -0.05) is 23.4 Å². The van der Waals surface area contributed by atoms with E-state index >= 15 is 0 Å². The minimum atomic E-state index is 0.0546. The normalized spacial score (nSPS) is 11.8. The van der Waals surface area contributed by atoms with E-state index in [2.05, 4.69) is 18.1 Å². The molecule has 1 amide bonds. The number of benzene rings is 1. The summed E-state index contributed by atoms with van der Waals surface area (Å²) >= 11 is 0. The summed E-state index contributed by atoms with van der Waals surface area (Å²) in [5, 5.41) is 11.5. The Morgan fingerprint density at radius 2 is 2.00 bits per heavy atom. The van der Waals surface area contributed by atoms with Crippen LogP contribution in [0, 0.1) is 13.8 Å². The summed E-state index contributed by atoms with van der Waals surface area (Å²) < 4.78 is 0. The van der Waals surface area contributed by atoms with Crippen LogP contribution in [0.25, 0.3) is 0 Å². The number of amidine groups is 1. The predicted octanol–water partition coefficient (Wildman–Crippen LogP) is 2.22. The van der Waals surface area contributed by atoms with Crippen molar-refractivity contribution >= 4 is 11.7 Å². The molecule has 0 spiro atoms. The fourth-order valence-corrected chi connectivity index (χ4v) is 2.15. The molecule has 21 heavy (non-hydrogen) atoms. The molecule has 0 saturated carbocycles. The molecule has 0 bridgehead atoms. The van der Waals surface area contributed by atoms with Crippen molar-refractivity contribution in [3.63, 3.8) is 0 Å². The molecular formula is C16H25N3O2. The lowest BCUT2D eigenvalue weighted by molar-refractivity contribution is -0.132. The van der Waals surface area contributed by atoms with Crippen LogP contribution in [-0.4, -0.2) is 34.4 Å². The first-order chi connectivity index (χ1) is 9.85. The lowest BCUT2D eigenvalue weighted by Gasteiger charge is -2.26. The zero-order valence-electron chi connectivity index (χ0n) is 13.3. The van der Waals surface area contributed by atoms with Crippen molar-refractivity contribution in [2.45, 2.75) is 46.6 Å². The molecule has 1 aromatic rings. The zero-order valence-corrected chi connectivity index (χ0v) is 13.3. The molecule has 1 rings (SSSR count). The van der Waals surface area contributed by atoms with E-state index < -0.39 is 0 Å². The molecule has 0 aliphatic heterocycles. The number of nitrogens with zero attached hydrogens (tertiary/aromatic N) is 2. The average molecular weight is 291 g/mol. The topological polar surface area (TPSA) is 78.9 Å². The first-order valence-electron chi connectivity index (χ1n) is 7.17. The summed E-state index contributed by atoms with van der Waals surface area (Å²) in [7, 11) is 0. The fourth-order valence-electron chi connectivity index (χ4n) is 2.15. The van der Waals surface area contributed by atoms with Gasteiger partial charge in [-0.2, -0.15) is 0 Å². The van der Waals surface area contributed by atoms with Crippen LogP contribution in [0.4, 0.5) is 0 Å². The van der Waals surface area contributed by atoms with Gasteiger partial charge in [0.2, 0.25) is 5.91 Å². The molecule has 0 atom stereocenters. The molecule has 0 fully saturated rings. The van der Waals surface area contributed by atoms with Gasteiger partial charge < -0.3 is 15.8 Å². The van der Waals surface area contributed by atoms with Crippen LogP contribution >= 0.6 is 0 Å². The molecule has 5 heteroatoms. The maximum atomic E-state index is 12.4. The molecule has 0 aromatic heterocycles. The molecule has 0 aliphatic carbocycles. The van der Waals surface area contributed by atoms with Crippen LogP contribution in [-0.2, 0) is 11.2 Å². The summed E-state index contributed by atoms with van der Waals surface area (Å²) in [6, 6.07) is 6.15. The predicted molar refractivity (Wildman–Crippen MR) is 84.5 cm³/mol. The van der Waals surface area contributed by atoms with Gasteiger partial charge in [0.05, 0.1) is 6.42 Å². The van der Waals surface area contributed by atoms with E-state index in [0.717, 1.165) is 5.56 Å². The van der Waals surface area contributed by atoms with Crippen molar-refractivity contribution in [2.75, 3.05) is 6.54 Å². The van der Waals surface area contributed by atoms with E-state index in [0.29, 0.717) is 19.4 Å². The van der Waals surface area contributed by atoms with Crippen molar-refractivity contribution in [3.8, 4) is 0 Å². The number of hydrogen-bond acceptors (Lipinski definition) is 3. The Balaban J connectivity index is 2.74. The first kappa shape index (κ1) is 17.0. The number of rotatable bonds is 6. The first-order valence-corrected chi connectivity index (χ1v) is 7.17. The molecule has 3 N–H and O–H groups in total. The van der Waals surface area contributed by atoms with E-state index in [4.69, 9.17) is 10.9 Å². The van der Waals surface area contributed by atoms with Gasteiger partial charge >= 0.3 is 0 Å². The Kier molecular flexibility index (Phi) is 6.21. The number of amides is 1. The molecular weight excluding hydrogens is 266 g/mol. The SMILES string of the molecule is Cc1ccc(CC(=O)N(CCC(N)=NO)C(C)C)cc1C. The largest absolute Gasteiger partial charge is 0.409 e. The van der Waals surface area contributed by atoms with Crippen molar-refractivity contribution in [2.24, 2.45) is 10.9 Å². The summed E-state index contributed by atoms with van der Waals surface area (Å²) in [4.78, 5) is 14.2. The zero-order chi connectivity index (χ0) is 16.0. The van der Waals surface area contributed by atoms with E-state index in [1.165, 1.54) is 11.1 Å². The van der Waals surface area contributed by atoms with Gasteiger partial charge in [0.15, 0.2) is 0 Å². The van der Waals surface area contributed by atoms with Gasteiger partial charge in [-0.3, -0.25) is 4.79 Å². The fraction of sp³-hybridized carbons (Fsp3) is 0.500. The molecule has 0 radical (unpaired) electrons. The Morgan fingerprint density at radius 3 is 2.52 bits per heavy atom. The van der Waals surface area contributed by atoms with Crippen LogP contribution in [0.3, 0.4) is 0 Å². The van der Waals surface area contributed by atoms with Crippen molar-refractivity contribution < 1.29 is 10.0 Å². The highest BCUT2D eigenvalue weighted by Gasteiger charge is 2.17. The standard InChI is InChI=1S/C16H25N3O2/c1-11(2)19(8-7-15(17)18-21)16(20)10-14-6-5-12(3)13(4)9-14/h5-6,9,11,21H,7-8,10H2,1-4H3,(H2,17,18). The van der Waals surface area contributed by atoms with Crippen LogP contribution in [0.15, 0.2) is 23.4 Å². The molecule has 5 nitrogen and oxygen atoms in total. The number of oxime groups is 1. The van der Waals surface area contributed by atoms with Crippen LogP contribution in [0.5, 0.6) is 0 Å². The smallest absolute Gasteiger partial charge is 0.227 e. The Bertz CT molecular complexity index is 524. The van der Waals surface area contributed by atoms with Crippen LogP contribution in [0.2, 0.25) is 0 Å². The lowest BCUT2D eigenvalue weighted by Crippen LogP contribution is -2.40. The molecule has 0 saturated heterocycles. The Morgan fingerprint density at radius 1 is 1.33 bits per heavy atom. The maximum Gasteiger partial charge on any atom is 0.227 e. The van der Waals surface area contributed by atoms with Crippen molar-refractivity contribution in [1.29, 1.82) is 0 Å². The number of nitrogens with two attached hydrogens (primary N) is 1. The Labute approximate surface area is 126 Å². The van der Waals surface area contributed by atoms with E-state index in [9.17, 15) is 4.79 Å². The van der Waals surface area contributed by atoms with Gasteiger partial charge in [0.1, 0.15) is 5.84 Å². The lowest BCUT2D eigenvalue weighted by atomic mass is 10.0. The average Bonchev–Trinajstić information content (AvgIpc) is 2.42. The number of aryl methyl sites for hydroxylation is 2. The minimum Gasteiger partial charge on any atom is -0.409 e. The molecule has 0 unspecified atom stereocenters. The highest BCUT2D eigenvalue weighted by molar-refractivity contribution is 5.82. The van der Waals surface area contributed by atoms with E-state index in [1.807, 2.05) is 32.9 Å². The summed E-state index contributed by atoms with van der Waals surface area (Å²) in [6.45, 7) is 8.48. The van der Waals surface area contributed by atoms with E-state index in [-0.39, 0.29) is 17.8 Å². The second-order valence-corrected chi connectivity index (χ2v) is 5.62. The van der Waals surface area contributed by atoms with Gasteiger partial charge in [-0.05, 0) is 44.4 Å². The number of carbonyl (C=O) groups excluding carboxylic acids is 1. The van der Waals surface area contributed by atoms with Crippen LogP contribution < -0.4 is 5.73 Å². The van der Waals surface area contributed by atoms with Gasteiger partial charge in [-0.15, -0.1) is 0 Å². The highest BCUT2D eigenvalue weighted by atomic mass is 16.4. The number of carbonyl (C=O) groups is 1. The second kappa shape index (κ2) is 7.67. The van der Waals surface area contributed by atoms with Gasteiger partial charge in [-0.25, -0.2) is 0 Å². The summed E-state index contributed by atoms with van der Waals surface area (Å²) in [5.74, 6) is 0.193. The Hall–Kier alpha value is -2.04. The van der Waals surface area contributed by atoms with Crippen molar-refractivity contribution in [3.05, 3.63) is 34.9 Å². The molecule has 116 valence electrons. The third-order valence-corrected chi connectivity index (χ3v) is 3.61. The molecule has 0 heterocycles. The summed E-state index contributed by atoms with van der Waals surface area (Å²) in [5.41, 5.74) is 8.89. The monoisotopic (exact) mass is 291 g/mol.